The first-order valence-electron chi connectivity index (χ1n) is 6.29. The Kier molecular flexibility index (Phi) is 5.13. The maximum atomic E-state index is 12.0. The first-order chi connectivity index (χ1) is 8.65. The van der Waals surface area contributed by atoms with Gasteiger partial charge in [-0.05, 0) is 61.0 Å². The highest BCUT2D eigenvalue weighted by Crippen LogP contribution is 2.26. The summed E-state index contributed by atoms with van der Waals surface area (Å²) < 4.78 is 1.04. The second kappa shape index (κ2) is 6.62. The van der Waals surface area contributed by atoms with Crippen LogP contribution in [0.3, 0.4) is 0 Å². The molecule has 1 heterocycles. The monoisotopic (exact) mass is 327 g/mol. The Bertz CT molecular complexity index is 430. The number of halogens is 1. The highest BCUT2D eigenvalue weighted by Gasteiger charge is 2.17. The molecule has 1 aromatic carbocycles. The van der Waals surface area contributed by atoms with Crippen molar-refractivity contribution in [1.29, 1.82) is 0 Å². The molecule has 1 aliphatic rings. The summed E-state index contributed by atoms with van der Waals surface area (Å²) in [4.78, 5) is 12.0. The van der Waals surface area contributed by atoms with Crippen LogP contribution in [-0.2, 0) is 4.79 Å². The van der Waals surface area contributed by atoms with Gasteiger partial charge in [0.05, 0.1) is 0 Å². The van der Waals surface area contributed by atoms with E-state index in [1.54, 1.807) is 0 Å². The molecule has 0 saturated carbocycles. The van der Waals surface area contributed by atoms with E-state index >= 15 is 0 Å². The lowest BCUT2D eigenvalue weighted by molar-refractivity contribution is -0.117. The lowest BCUT2D eigenvalue weighted by Gasteiger charge is -2.20. The Labute approximate surface area is 121 Å². The zero-order valence-electron chi connectivity index (χ0n) is 10.5. The molecular formula is C14H18BrNOS. The predicted molar refractivity (Wildman–Crippen MR) is 82.2 cm³/mol. The van der Waals surface area contributed by atoms with Gasteiger partial charge in [0.25, 0.3) is 0 Å². The second-order valence-corrected chi connectivity index (χ2v) is 6.91. The van der Waals surface area contributed by atoms with Gasteiger partial charge in [-0.2, -0.15) is 11.8 Å². The van der Waals surface area contributed by atoms with Crippen LogP contribution in [0.5, 0.6) is 0 Å². The number of hydrogen-bond acceptors (Lipinski definition) is 2. The van der Waals surface area contributed by atoms with Crippen LogP contribution >= 0.6 is 27.7 Å². The Morgan fingerprint density at radius 3 is 2.83 bits per heavy atom. The molecule has 0 spiro atoms. The van der Waals surface area contributed by atoms with Gasteiger partial charge in [0.1, 0.15) is 0 Å². The highest BCUT2D eigenvalue weighted by atomic mass is 79.9. The first kappa shape index (κ1) is 13.9. The number of carbonyl (C=O) groups is 1. The van der Waals surface area contributed by atoms with Crippen LogP contribution in [0.1, 0.15) is 24.8 Å². The van der Waals surface area contributed by atoms with Crippen molar-refractivity contribution < 1.29 is 4.79 Å². The van der Waals surface area contributed by atoms with E-state index in [1.807, 2.05) is 36.9 Å². The Morgan fingerprint density at radius 1 is 1.44 bits per heavy atom. The Balaban J connectivity index is 1.90. The molecular weight excluding hydrogens is 310 g/mol. The zero-order valence-corrected chi connectivity index (χ0v) is 12.9. The van der Waals surface area contributed by atoms with Gasteiger partial charge in [-0.1, -0.05) is 15.9 Å². The maximum Gasteiger partial charge on any atom is 0.224 e. The van der Waals surface area contributed by atoms with Crippen molar-refractivity contribution in [3.63, 3.8) is 0 Å². The minimum atomic E-state index is 0.150. The molecule has 0 aromatic heterocycles. The van der Waals surface area contributed by atoms with Gasteiger partial charge in [0.2, 0.25) is 5.91 Å². The van der Waals surface area contributed by atoms with Crippen LogP contribution in [0.25, 0.3) is 0 Å². The quantitative estimate of drug-likeness (QED) is 0.900. The molecule has 1 N–H and O–H groups in total. The third kappa shape index (κ3) is 4.02. The summed E-state index contributed by atoms with van der Waals surface area (Å²) in [5, 5.41) is 3.02. The number of amides is 1. The minimum Gasteiger partial charge on any atom is -0.326 e. The Hall–Kier alpha value is -0.480. The van der Waals surface area contributed by atoms with E-state index in [0.717, 1.165) is 15.7 Å². The van der Waals surface area contributed by atoms with Crippen molar-refractivity contribution >= 4 is 39.3 Å². The van der Waals surface area contributed by atoms with Crippen molar-refractivity contribution in [1.82, 2.24) is 0 Å². The molecule has 98 valence electrons. The summed E-state index contributed by atoms with van der Waals surface area (Å²) in [6, 6.07) is 5.93. The number of nitrogens with one attached hydrogen (secondary N) is 1. The smallest absolute Gasteiger partial charge is 0.224 e. The van der Waals surface area contributed by atoms with Gasteiger partial charge in [-0.25, -0.2) is 0 Å². The van der Waals surface area contributed by atoms with E-state index in [0.29, 0.717) is 12.3 Å². The third-order valence-electron chi connectivity index (χ3n) is 3.28. The van der Waals surface area contributed by atoms with Gasteiger partial charge in [-0.15, -0.1) is 0 Å². The van der Waals surface area contributed by atoms with Crippen LogP contribution < -0.4 is 5.32 Å². The van der Waals surface area contributed by atoms with Crippen molar-refractivity contribution in [2.24, 2.45) is 5.92 Å². The molecule has 18 heavy (non-hydrogen) atoms. The SMILES string of the molecule is Cc1cc(Br)ccc1NC(=O)CC1CCSCC1. The highest BCUT2D eigenvalue weighted by molar-refractivity contribution is 9.10. The molecule has 1 aliphatic heterocycles. The molecule has 1 aromatic rings. The largest absolute Gasteiger partial charge is 0.326 e. The van der Waals surface area contributed by atoms with Crippen molar-refractivity contribution in [2.45, 2.75) is 26.2 Å². The molecule has 2 nitrogen and oxygen atoms in total. The number of rotatable bonds is 3. The van der Waals surface area contributed by atoms with Crippen molar-refractivity contribution in [3.05, 3.63) is 28.2 Å². The fourth-order valence-corrected chi connectivity index (χ4v) is 3.86. The summed E-state index contributed by atoms with van der Waals surface area (Å²) in [6.07, 6.45) is 3.02. The standard InChI is InChI=1S/C14H18BrNOS/c1-10-8-12(15)2-3-13(10)16-14(17)9-11-4-6-18-7-5-11/h2-3,8,11H,4-7,9H2,1H3,(H,16,17). The molecule has 1 fully saturated rings. The lowest BCUT2D eigenvalue weighted by atomic mass is 9.98. The average molecular weight is 328 g/mol. The Morgan fingerprint density at radius 2 is 2.17 bits per heavy atom. The number of hydrogen-bond donors (Lipinski definition) is 1. The van der Waals surface area contributed by atoms with E-state index < -0.39 is 0 Å². The normalized spacial score (nSPS) is 16.6. The van der Waals surface area contributed by atoms with E-state index in [1.165, 1.54) is 24.3 Å². The molecule has 4 heteroatoms. The van der Waals surface area contributed by atoms with Gasteiger partial charge < -0.3 is 5.32 Å². The topological polar surface area (TPSA) is 29.1 Å². The van der Waals surface area contributed by atoms with E-state index in [4.69, 9.17) is 0 Å². The number of benzene rings is 1. The molecule has 1 amide bonds. The van der Waals surface area contributed by atoms with E-state index in [2.05, 4.69) is 21.2 Å². The summed E-state index contributed by atoms with van der Waals surface area (Å²) in [6.45, 7) is 2.01. The van der Waals surface area contributed by atoms with Crippen LogP contribution in [0.15, 0.2) is 22.7 Å². The molecule has 0 bridgehead atoms. The zero-order chi connectivity index (χ0) is 13.0. The summed E-state index contributed by atoms with van der Waals surface area (Å²) >= 11 is 5.42. The number of carbonyl (C=O) groups excluding carboxylic acids is 1. The molecule has 0 aliphatic carbocycles. The van der Waals surface area contributed by atoms with Gasteiger partial charge >= 0.3 is 0 Å². The van der Waals surface area contributed by atoms with Gasteiger partial charge in [0, 0.05) is 16.6 Å². The molecule has 2 rings (SSSR count). The summed E-state index contributed by atoms with van der Waals surface area (Å²) in [5.74, 6) is 3.13. The van der Waals surface area contributed by atoms with E-state index in [-0.39, 0.29) is 5.91 Å². The fourth-order valence-electron chi connectivity index (χ4n) is 2.18. The van der Waals surface area contributed by atoms with Crippen molar-refractivity contribution in [2.75, 3.05) is 16.8 Å². The fraction of sp³-hybridized carbons (Fsp3) is 0.500. The van der Waals surface area contributed by atoms with Crippen LogP contribution in [0, 0.1) is 12.8 Å². The van der Waals surface area contributed by atoms with Crippen molar-refractivity contribution in [3.8, 4) is 0 Å². The second-order valence-electron chi connectivity index (χ2n) is 4.77. The third-order valence-corrected chi connectivity index (χ3v) is 4.82. The number of anilines is 1. The first-order valence-corrected chi connectivity index (χ1v) is 8.23. The lowest BCUT2D eigenvalue weighted by Crippen LogP contribution is -2.19. The predicted octanol–water partition coefficient (Wildman–Crippen LogP) is 4.23. The van der Waals surface area contributed by atoms with Gasteiger partial charge in [0.15, 0.2) is 0 Å². The summed E-state index contributed by atoms with van der Waals surface area (Å²) in [5.41, 5.74) is 2.02. The average Bonchev–Trinajstić information content (AvgIpc) is 2.34. The molecule has 0 radical (unpaired) electrons. The number of thioether (sulfide) groups is 1. The van der Waals surface area contributed by atoms with Crippen LogP contribution in [0.2, 0.25) is 0 Å². The maximum absolute atomic E-state index is 12.0. The molecule has 0 atom stereocenters. The molecule has 0 unspecified atom stereocenters. The molecule has 1 saturated heterocycles. The van der Waals surface area contributed by atoms with Gasteiger partial charge in [-0.3, -0.25) is 4.79 Å². The van der Waals surface area contributed by atoms with Crippen LogP contribution in [0.4, 0.5) is 5.69 Å². The van der Waals surface area contributed by atoms with Crippen LogP contribution in [-0.4, -0.2) is 17.4 Å². The van der Waals surface area contributed by atoms with E-state index in [9.17, 15) is 4.79 Å². The number of aryl methyl sites for hydroxylation is 1. The summed E-state index contributed by atoms with van der Waals surface area (Å²) in [7, 11) is 0. The minimum absolute atomic E-state index is 0.150.